The largest absolute Gasteiger partial charge is 0.383 e. The highest BCUT2D eigenvalue weighted by Gasteiger charge is 2.13. The second-order valence-electron chi connectivity index (χ2n) is 5.73. The van der Waals surface area contributed by atoms with Crippen LogP contribution in [0.5, 0.6) is 0 Å². The maximum absolute atomic E-state index is 12.6. The molecule has 126 valence electrons. The fourth-order valence-corrected chi connectivity index (χ4v) is 2.52. The topological polar surface area (TPSA) is 91.0 Å². The van der Waals surface area contributed by atoms with Gasteiger partial charge >= 0.3 is 0 Å². The smallest absolute Gasteiger partial charge is 0.255 e. The highest BCUT2D eigenvalue weighted by Crippen LogP contribution is 2.25. The van der Waals surface area contributed by atoms with Crippen molar-refractivity contribution >= 4 is 28.3 Å². The van der Waals surface area contributed by atoms with Gasteiger partial charge in [-0.2, -0.15) is 5.26 Å². The molecule has 2 N–H and O–H groups in total. The molecule has 0 aliphatic rings. The van der Waals surface area contributed by atoms with Gasteiger partial charge in [0.05, 0.1) is 28.7 Å². The molecule has 1 heterocycles. The molecular weight excluding hydrogens is 316 g/mol. The first-order valence-electron chi connectivity index (χ1n) is 8.07. The average molecular weight is 334 g/mol. The van der Waals surface area contributed by atoms with Crippen LogP contribution in [0.2, 0.25) is 0 Å². The summed E-state index contributed by atoms with van der Waals surface area (Å²) in [6, 6.07) is 12.5. The number of carbonyl (C=O) groups is 1. The van der Waals surface area contributed by atoms with E-state index < -0.39 is 0 Å². The normalized spacial score (nSPS) is 10.4. The van der Waals surface area contributed by atoms with Gasteiger partial charge in [0.15, 0.2) is 5.58 Å². The molecule has 3 rings (SSSR count). The Hall–Kier alpha value is -3.33. The van der Waals surface area contributed by atoms with Crippen molar-refractivity contribution in [3.8, 4) is 6.07 Å². The van der Waals surface area contributed by atoms with E-state index in [1.165, 1.54) is 0 Å². The van der Waals surface area contributed by atoms with Gasteiger partial charge in [-0.15, -0.1) is 0 Å². The van der Waals surface area contributed by atoms with Crippen LogP contribution in [-0.4, -0.2) is 17.6 Å². The van der Waals surface area contributed by atoms with Gasteiger partial charge in [-0.25, -0.2) is 0 Å². The molecular formula is C19H18N4O2. The average Bonchev–Trinajstić information content (AvgIpc) is 3.01. The molecule has 0 unspecified atom stereocenters. The number of amides is 1. The van der Waals surface area contributed by atoms with Gasteiger partial charge in [-0.05, 0) is 49.7 Å². The molecule has 0 aliphatic carbocycles. The van der Waals surface area contributed by atoms with Crippen LogP contribution in [0.3, 0.4) is 0 Å². The van der Waals surface area contributed by atoms with Crippen LogP contribution in [0, 0.1) is 18.3 Å². The number of nitrogens with one attached hydrogen (secondary N) is 2. The van der Waals surface area contributed by atoms with E-state index in [-0.39, 0.29) is 5.91 Å². The maximum Gasteiger partial charge on any atom is 0.255 e. The second kappa shape index (κ2) is 7.05. The van der Waals surface area contributed by atoms with Crippen molar-refractivity contribution in [2.45, 2.75) is 20.3 Å². The molecule has 1 amide bonds. The monoisotopic (exact) mass is 334 g/mol. The predicted molar refractivity (Wildman–Crippen MR) is 96.6 cm³/mol. The summed E-state index contributed by atoms with van der Waals surface area (Å²) in [4.78, 5) is 12.6. The molecule has 0 aliphatic heterocycles. The number of aromatic nitrogens is 1. The molecule has 25 heavy (non-hydrogen) atoms. The number of hydrogen-bond donors (Lipinski definition) is 2. The van der Waals surface area contributed by atoms with E-state index in [9.17, 15) is 4.79 Å². The van der Waals surface area contributed by atoms with Crippen molar-refractivity contribution in [1.29, 1.82) is 5.26 Å². The summed E-state index contributed by atoms with van der Waals surface area (Å²) in [6.45, 7) is 4.64. The van der Waals surface area contributed by atoms with Crippen LogP contribution in [-0.2, 0) is 0 Å². The van der Waals surface area contributed by atoms with Crippen LogP contribution in [0.1, 0.15) is 35.0 Å². The first-order valence-corrected chi connectivity index (χ1v) is 8.07. The number of carbonyl (C=O) groups excluding carboxylic acids is 1. The predicted octanol–water partition coefficient (Wildman–Crippen LogP) is 4.08. The molecule has 6 nitrogen and oxygen atoms in total. The summed E-state index contributed by atoms with van der Waals surface area (Å²) >= 11 is 0. The number of aryl methyl sites for hydroxylation is 1. The van der Waals surface area contributed by atoms with E-state index in [1.807, 2.05) is 6.92 Å². The third-order valence-electron chi connectivity index (χ3n) is 3.87. The van der Waals surface area contributed by atoms with Gasteiger partial charge in [-0.1, -0.05) is 12.1 Å². The number of anilines is 2. The zero-order chi connectivity index (χ0) is 17.8. The highest BCUT2D eigenvalue weighted by atomic mass is 16.5. The van der Waals surface area contributed by atoms with Crippen molar-refractivity contribution < 1.29 is 9.32 Å². The lowest BCUT2D eigenvalue weighted by atomic mass is 10.1. The fourth-order valence-electron chi connectivity index (χ4n) is 2.52. The van der Waals surface area contributed by atoms with E-state index in [0.717, 1.165) is 29.7 Å². The van der Waals surface area contributed by atoms with Crippen molar-refractivity contribution in [3.63, 3.8) is 0 Å². The molecule has 0 saturated heterocycles. The Morgan fingerprint density at radius 3 is 2.84 bits per heavy atom. The Bertz CT molecular complexity index is 969. The zero-order valence-electron chi connectivity index (χ0n) is 14.1. The van der Waals surface area contributed by atoms with Crippen molar-refractivity contribution in [2.24, 2.45) is 0 Å². The number of nitrogens with zero attached hydrogens (tertiary/aromatic N) is 2. The molecule has 0 bridgehead atoms. The fraction of sp³-hybridized carbons (Fsp3) is 0.211. The first-order chi connectivity index (χ1) is 12.1. The van der Waals surface area contributed by atoms with Crippen LogP contribution in [0.15, 0.2) is 40.9 Å². The summed E-state index contributed by atoms with van der Waals surface area (Å²) in [5, 5.41) is 19.9. The number of rotatable bonds is 5. The Kier molecular flexibility index (Phi) is 4.66. The Labute approximate surface area is 145 Å². The van der Waals surface area contributed by atoms with Gasteiger partial charge in [0.2, 0.25) is 0 Å². The van der Waals surface area contributed by atoms with Crippen molar-refractivity contribution in [2.75, 3.05) is 17.2 Å². The van der Waals surface area contributed by atoms with E-state index in [2.05, 4.69) is 28.8 Å². The van der Waals surface area contributed by atoms with Crippen LogP contribution in [0.25, 0.3) is 11.0 Å². The molecule has 2 aromatic carbocycles. The molecule has 0 atom stereocenters. The third-order valence-corrected chi connectivity index (χ3v) is 3.87. The molecule has 0 fully saturated rings. The SMILES string of the molecule is CCCNc1cc(C#N)ccc1NC(=O)c1ccc2onc(C)c2c1. The van der Waals surface area contributed by atoms with Gasteiger partial charge in [0, 0.05) is 17.5 Å². The number of nitriles is 1. The van der Waals surface area contributed by atoms with Crippen LogP contribution in [0.4, 0.5) is 11.4 Å². The molecule has 0 radical (unpaired) electrons. The minimum Gasteiger partial charge on any atom is -0.383 e. The lowest BCUT2D eigenvalue weighted by molar-refractivity contribution is 0.102. The highest BCUT2D eigenvalue weighted by molar-refractivity contribution is 6.07. The van der Waals surface area contributed by atoms with Gasteiger partial charge in [0.1, 0.15) is 0 Å². The minimum absolute atomic E-state index is 0.230. The van der Waals surface area contributed by atoms with E-state index in [4.69, 9.17) is 9.78 Å². The lowest BCUT2D eigenvalue weighted by Gasteiger charge is -2.13. The summed E-state index contributed by atoms with van der Waals surface area (Å²) in [5.74, 6) is -0.230. The molecule has 1 aromatic heterocycles. The number of fused-ring (bicyclic) bond motifs is 1. The summed E-state index contributed by atoms with van der Waals surface area (Å²) in [5.41, 5.74) is 3.82. The Morgan fingerprint density at radius 2 is 2.08 bits per heavy atom. The van der Waals surface area contributed by atoms with Crippen LogP contribution < -0.4 is 10.6 Å². The quantitative estimate of drug-likeness (QED) is 0.733. The van der Waals surface area contributed by atoms with Gasteiger partial charge in [0.25, 0.3) is 5.91 Å². The van der Waals surface area contributed by atoms with Crippen LogP contribution >= 0.6 is 0 Å². The summed E-state index contributed by atoms with van der Waals surface area (Å²) in [7, 11) is 0. The first kappa shape index (κ1) is 16.5. The standard InChI is InChI=1S/C19H18N4O2/c1-3-8-21-17-9-13(11-20)4-6-16(17)22-19(24)14-5-7-18-15(10-14)12(2)23-25-18/h4-7,9-10,21H,3,8H2,1-2H3,(H,22,24). The Balaban J connectivity index is 1.88. The van der Waals surface area contributed by atoms with Gasteiger partial charge < -0.3 is 15.2 Å². The number of hydrogen-bond acceptors (Lipinski definition) is 5. The number of benzene rings is 2. The zero-order valence-corrected chi connectivity index (χ0v) is 14.1. The van der Waals surface area contributed by atoms with E-state index in [1.54, 1.807) is 36.4 Å². The molecule has 0 saturated carbocycles. The molecule has 3 aromatic rings. The maximum atomic E-state index is 12.6. The lowest BCUT2D eigenvalue weighted by Crippen LogP contribution is -2.14. The van der Waals surface area contributed by atoms with E-state index in [0.29, 0.717) is 22.4 Å². The minimum atomic E-state index is -0.230. The van der Waals surface area contributed by atoms with E-state index >= 15 is 0 Å². The van der Waals surface area contributed by atoms with Crippen molar-refractivity contribution in [3.05, 3.63) is 53.2 Å². The summed E-state index contributed by atoms with van der Waals surface area (Å²) < 4.78 is 5.17. The van der Waals surface area contributed by atoms with Crippen molar-refractivity contribution in [1.82, 2.24) is 5.16 Å². The third kappa shape index (κ3) is 3.45. The molecule has 6 heteroatoms. The van der Waals surface area contributed by atoms with Gasteiger partial charge in [-0.3, -0.25) is 4.79 Å². The Morgan fingerprint density at radius 1 is 1.24 bits per heavy atom. The summed E-state index contributed by atoms with van der Waals surface area (Å²) in [6.07, 6.45) is 0.938. The second-order valence-corrected chi connectivity index (χ2v) is 5.73. The molecule has 0 spiro atoms.